The van der Waals surface area contributed by atoms with Gasteiger partial charge >= 0.3 is 0 Å². The van der Waals surface area contributed by atoms with Gasteiger partial charge in [0.15, 0.2) is 0 Å². The molecular weight excluding hydrogens is 644 g/mol. The van der Waals surface area contributed by atoms with Crippen molar-refractivity contribution >= 4 is 81.4 Å². The summed E-state index contributed by atoms with van der Waals surface area (Å²) in [5, 5.41) is 24.1. The molecule has 2 aromatic carbocycles. The number of nitrogens with one attached hydrogen (secondary N) is 4. The molecule has 0 radical (unpaired) electrons. The summed E-state index contributed by atoms with van der Waals surface area (Å²) in [5.74, 6) is 0.451. The zero-order valence-corrected chi connectivity index (χ0v) is 25.4. The maximum absolute atomic E-state index is 12.3. The molecule has 0 unspecified atom stereocenters. The van der Waals surface area contributed by atoms with Crippen LogP contribution in [0.25, 0.3) is 12.2 Å². The molecule has 0 saturated heterocycles. The average molecular weight is 675 g/mol. The number of nitrogens with two attached hydrogens (primary N) is 4. The first-order valence-electron chi connectivity index (χ1n) is 13.1. The molecule has 0 fully saturated rings. The van der Waals surface area contributed by atoms with Gasteiger partial charge < -0.3 is 44.2 Å². The molecule has 0 spiro atoms. The second-order valence-corrected chi connectivity index (χ2v) is 11.0. The maximum Gasteiger partial charge on any atom is 0.295 e. The quantitative estimate of drug-likeness (QED) is 0.0263. The van der Waals surface area contributed by atoms with Crippen LogP contribution in [0.3, 0.4) is 0 Å². The Kier molecular flexibility index (Phi) is 11.7. The number of nitrogen functional groups attached to an aromatic ring is 2. The number of nitrogens with zero attached hydrogens (tertiary/aromatic N) is 6. The lowest BCUT2D eigenvalue weighted by Gasteiger charge is -2.11. The van der Waals surface area contributed by atoms with Gasteiger partial charge in [0.25, 0.3) is 10.1 Å². The number of rotatable bonds is 16. The highest BCUT2D eigenvalue weighted by atomic mass is 32.2. The van der Waals surface area contributed by atoms with Gasteiger partial charge in [-0.1, -0.05) is 29.3 Å². The minimum absolute atomic E-state index is 0.0271. The lowest BCUT2D eigenvalue weighted by atomic mass is 10.1. The molecule has 20 nitrogen and oxygen atoms in total. The van der Waals surface area contributed by atoms with Crippen LogP contribution in [0.2, 0.25) is 0 Å². The van der Waals surface area contributed by atoms with E-state index in [2.05, 4.69) is 60.5 Å². The van der Waals surface area contributed by atoms with E-state index in [0.29, 0.717) is 54.4 Å². The summed E-state index contributed by atoms with van der Waals surface area (Å²) in [6, 6.07) is 9.14. The molecular formula is C24H30N14O6S2. The first-order valence-corrected chi connectivity index (χ1v) is 15.3. The van der Waals surface area contributed by atoms with E-state index in [9.17, 15) is 13.0 Å². The number of anilines is 8. The van der Waals surface area contributed by atoms with E-state index >= 15 is 0 Å². The van der Waals surface area contributed by atoms with Crippen LogP contribution in [-0.2, 0) is 19.5 Å². The van der Waals surface area contributed by atoms with Crippen LogP contribution < -0.4 is 44.2 Å². The van der Waals surface area contributed by atoms with Gasteiger partial charge in [0.05, 0.1) is 12.0 Å². The van der Waals surface area contributed by atoms with E-state index in [1.54, 1.807) is 30.3 Å². The summed E-state index contributed by atoms with van der Waals surface area (Å²) in [5.41, 5.74) is 23.9. The molecule has 0 aliphatic heterocycles. The topological polar surface area (TPSA) is 323 Å². The van der Waals surface area contributed by atoms with Crippen LogP contribution in [-0.4, -0.2) is 74.3 Å². The third-order valence-electron chi connectivity index (χ3n) is 5.57. The van der Waals surface area contributed by atoms with Crippen molar-refractivity contribution in [2.24, 2.45) is 11.5 Å². The second-order valence-electron chi connectivity index (χ2n) is 8.90. The number of hydrogen-bond donors (Lipinski definition) is 10. The first kappa shape index (κ1) is 33.9. The van der Waals surface area contributed by atoms with Gasteiger partial charge in [-0.05, 0) is 35.4 Å². The fourth-order valence-electron chi connectivity index (χ4n) is 3.71. The predicted molar refractivity (Wildman–Crippen MR) is 172 cm³/mol. The van der Waals surface area contributed by atoms with Gasteiger partial charge in [0, 0.05) is 42.4 Å². The van der Waals surface area contributed by atoms with E-state index in [1.807, 2.05) is 0 Å². The third-order valence-corrected chi connectivity index (χ3v) is 7.15. The summed E-state index contributed by atoms with van der Waals surface area (Å²) < 4.78 is 39.3. The van der Waals surface area contributed by atoms with Gasteiger partial charge in [-0.2, -0.15) is 38.3 Å². The number of hydrogen-bond acceptors (Lipinski definition) is 20. The average Bonchev–Trinajstić information content (AvgIpc) is 3.00. The molecule has 244 valence electrons. The SMILES string of the molecule is NCCNc1nc(N)nc(Nc2ccc(C=Cc3ccc(Nc4nc(N)nc(NCCN)n4)cc3S(=O)(=O)O)c(SOOO)c2)n1. The fourth-order valence-corrected chi connectivity index (χ4v) is 4.93. The van der Waals surface area contributed by atoms with Crippen LogP contribution in [0.1, 0.15) is 11.1 Å². The normalized spacial score (nSPS) is 11.5. The Morgan fingerprint density at radius 1 is 0.761 bits per heavy atom. The summed E-state index contributed by atoms with van der Waals surface area (Å²) in [7, 11) is -4.69. The molecule has 0 bridgehead atoms. The van der Waals surface area contributed by atoms with Crippen LogP contribution in [0.4, 0.5) is 47.1 Å². The predicted octanol–water partition coefficient (Wildman–Crippen LogP) is 1.29. The van der Waals surface area contributed by atoms with Gasteiger partial charge in [-0.25, -0.2) is 5.26 Å². The molecule has 46 heavy (non-hydrogen) atoms. The van der Waals surface area contributed by atoms with E-state index in [4.69, 9.17) is 28.2 Å². The molecule has 2 heterocycles. The Labute approximate surface area is 266 Å². The number of aromatic nitrogens is 6. The second kappa shape index (κ2) is 15.9. The molecule has 0 saturated carbocycles. The monoisotopic (exact) mass is 674 g/mol. The van der Waals surface area contributed by atoms with Crippen LogP contribution in [0, 0.1) is 0 Å². The summed E-state index contributed by atoms with van der Waals surface area (Å²) in [6.45, 7) is 1.49. The molecule has 4 aromatic rings. The van der Waals surface area contributed by atoms with Crippen molar-refractivity contribution in [1.29, 1.82) is 0 Å². The Hall–Kier alpha value is -4.94. The van der Waals surface area contributed by atoms with Crippen molar-refractivity contribution in [1.82, 2.24) is 29.9 Å². The zero-order chi connectivity index (χ0) is 33.1. The summed E-state index contributed by atoms with van der Waals surface area (Å²) >= 11 is 0.658. The maximum atomic E-state index is 12.3. The molecule has 0 atom stereocenters. The molecule has 2 aromatic heterocycles. The summed E-state index contributed by atoms with van der Waals surface area (Å²) in [4.78, 5) is 24.4. The van der Waals surface area contributed by atoms with Gasteiger partial charge in [-0.3, -0.25) is 4.55 Å². The Morgan fingerprint density at radius 3 is 1.78 bits per heavy atom. The fraction of sp³-hybridized carbons (Fsp3) is 0.167. The van der Waals surface area contributed by atoms with E-state index in [1.165, 1.54) is 18.2 Å². The third kappa shape index (κ3) is 9.78. The van der Waals surface area contributed by atoms with Gasteiger partial charge in [0.1, 0.15) is 4.90 Å². The van der Waals surface area contributed by atoms with Crippen molar-refractivity contribution < 1.29 is 27.6 Å². The molecule has 14 N–H and O–H groups in total. The Bertz CT molecular complexity index is 1800. The van der Waals surface area contributed by atoms with E-state index in [0.717, 1.165) is 0 Å². The number of benzene rings is 2. The van der Waals surface area contributed by atoms with Crippen LogP contribution >= 0.6 is 12.0 Å². The van der Waals surface area contributed by atoms with Crippen LogP contribution in [0.5, 0.6) is 0 Å². The molecule has 0 aliphatic carbocycles. The molecule has 4 rings (SSSR count). The summed E-state index contributed by atoms with van der Waals surface area (Å²) in [6.07, 6.45) is 3.01. The minimum atomic E-state index is -4.69. The highest BCUT2D eigenvalue weighted by molar-refractivity contribution is 7.94. The lowest BCUT2D eigenvalue weighted by Crippen LogP contribution is -2.16. The largest absolute Gasteiger partial charge is 0.368 e. The molecule has 0 aliphatic rings. The smallest absolute Gasteiger partial charge is 0.295 e. The van der Waals surface area contributed by atoms with Crippen molar-refractivity contribution in [3.05, 3.63) is 47.5 Å². The lowest BCUT2D eigenvalue weighted by molar-refractivity contribution is -0.432. The van der Waals surface area contributed by atoms with Gasteiger partial charge in [-0.15, -0.1) is 4.33 Å². The van der Waals surface area contributed by atoms with Crippen molar-refractivity contribution in [2.45, 2.75) is 9.79 Å². The Balaban J connectivity index is 1.60. The minimum Gasteiger partial charge on any atom is -0.368 e. The highest BCUT2D eigenvalue weighted by Gasteiger charge is 2.16. The Morgan fingerprint density at radius 2 is 1.26 bits per heavy atom. The zero-order valence-electron chi connectivity index (χ0n) is 23.8. The first-order chi connectivity index (χ1) is 22.1. The van der Waals surface area contributed by atoms with Crippen molar-refractivity contribution in [3.63, 3.8) is 0 Å². The van der Waals surface area contributed by atoms with Crippen LogP contribution in [0.15, 0.2) is 46.2 Å². The highest BCUT2D eigenvalue weighted by Crippen LogP contribution is 2.31. The van der Waals surface area contributed by atoms with Gasteiger partial charge in [0.2, 0.25) is 35.7 Å². The molecule has 0 amide bonds. The van der Waals surface area contributed by atoms with E-state index in [-0.39, 0.29) is 46.9 Å². The van der Waals surface area contributed by atoms with Crippen molar-refractivity contribution in [3.8, 4) is 0 Å². The molecule has 22 heteroatoms. The standard InChI is InChI=1S/C24H30N14O6S2/c25-7-9-29-21-33-19(27)35-23(37-21)31-15-5-3-13(17(11-15)45-44-43-39)1-2-14-4-6-16(12-18(14)46(40,41)42)32-24-36-20(28)34-22(38-24)30-10-8-26/h1-6,11-12,39H,7-10,25-26H2,(H,40,41,42)(H4,27,29,31,33,35,37)(H4,28,30,32,34,36,38). The van der Waals surface area contributed by atoms with Crippen molar-refractivity contribution in [2.75, 3.05) is 58.9 Å². The van der Waals surface area contributed by atoms with E-state index < -0.39 is 15.0 Å².